The number of ether oxygens (including phenoxy) is 1. The molecule has 1 unspecified atom stereocenters. The highest BCUT2D eigenvalue weighted by atomic mass is 16.6. The van der Waals surface area contributed by atoms with Crippen LogP contribution in [0.2, 0.25) is 0 Å². The van der Waals surface area contributed by atoms with Crippen LogP contribution in [0.3, 0.4) is 0 Å². The summed E-state index contributed by atoms with van der Waals surface area (Å²) in [5, 5.41) is 2.75. The Morgan fingerprint density at radius 3 is 2.73 bits per heavy atom. The molecule has 1 heterocycles. The Labute approximate surface area is 65.4 Å². The molecular weight excluding hydrogens is 142 g/mol. The summed E-state index contributed by atoms with van der Waals surface area (Å²) in [6.45, 7) is 1.98. The first-order chi connectivity index (χ1) is 5.23. The van der Waals surface area contributed by atoms with E-state index >= 15 is 0 Å². The molecule has 0 radical (unpaired) electrons. The van der Waals surface area contributed by atoms with E-state index < -0.39 is 0 Å². The normalized spacial score (nSPS) is 32.5. The number of carbonyl (C=O) groups is 1. The molecule has 2 rings (SSSR count). The van der Waals surface area contributed by atoms with Crippen LogP contribution in [0, 0.1) is 0 Å². The van der Waals surface area contributed by atoms with E-state index in [4.69, 9.17) is 4.74 Å². The van der Waals surface area contributed by atoms with Crippen molar-refractivity contribution in [2.45, 2.75) is 31.4 Å². The minimum atomic E-state index is -0.277. The molecule has 0 bridgehead atoms. The van der Waals surface area contributed by atoms with Crippen molar-refractivity contribution >= 4 is 6.09 Å². The van der Waals surface area contributed by atoms with Crippen LogP contribution in [0.15, 0.2) is 12.2 Å². The summed E-state index contributed by atoms with van der Waals surface area (Å²) in [4.78, 5) is 10.9. The quantitative estimate of drug-likeness (QED) is 0.531. The van der Waals surface area contributed by atoms with Crippen molar-refractivity contribution in [3.8, 4) is 0 Å². The van der Waals surface area contributed by atoms with Gasteiger partial charge < -0.3 is 10.1 Å². The zero-order chi connectivity index (χ0) is 7.90. The third kappa shape index (κ3) is 0.836. The van der Waals surface area contributed by atoms with E-state index in [9.17, 15) is 4.79 Å². The molecule has 1 aliphatic carbocycles. The number of amides is 1. The molecule has 2 aliphatic rings. The van der Waals surface area contributed by atoms with Crippen LogP contribution in [0.1, 0.15) is 19.8 Å². The summed E-state index contributed by atoms with van der Waals surface area (Å²) >= 11 is 0. The van der Waals surface area contributed by atoms with Crippen LogP contribution in [0.25, 0.3) is 0 Å². The topological polar surface area (TPSA) is 38.3 Å². The van der Waals surface area contributed by atoms with Crippen molar-refractivity contribution in [2.75, 3.05) is 0 Å². The number of carbonyl (C=O) groups excluding carboxylic acids is 1. The lowest BCUT2D eigenvalue weighted by Gasteiger charge is -2.24. The van der Waals surface area contributed by atoms with Crippen molar-refractivity contribution in [3.05, 3.63) is 12.2 Å². The number of rotatable bonds is 0. The van der Waals surface area contributed by atoms with E-state index in [2.05, 4.69) is 17.5 Å². The van der Waals surface area contributed by atoms with Crippen LogP contribution in [0.4, 0.5) is 4.79 Å². The van der Waals surface area contributed by atoms with Gasteiger partial charge in [0.25, 0.3) is 0 Å². The van der Waals surface area contributed by atoms with E-state index in [0.717, 1.165) is 12.8 Å². The summed E-state index contributed by atoms with van der Waals surface area (Å²) < 4.78 is 5.21. The lowest BCUT2D eigenvalue weighted by molar-refractivity contribution is 0.0509. The van der Waals surface area contributed by atoms with E-state index in [0.29, 0.717) is 0 Å². The third-order valence-corrected chi connectivity index (χ3v) is 2.51. The van der Waals surface area contributed by atoms with Crippen LogP contribution in [-0.4, -0.2) is 17.7 Å². The number of hydrogen-bond acceptors (Lipinski definition) is 2. The zero-order valence-electron chi connectivity index (χ0n) is 6.46. The second-order valence-electron chi connectivity index (χ2n) is 3.20. The van der Waals surface area contributed by atoms with Gasteiger partial charge in [0.1, 0.15) is 5.60 Å². The molecule has 1 aliphatic heterocycles. The molecule has 1 spiro atoms. The predicted molar refractivity (Wildman–Crippen MR) is 40.2 cm³/mol. The van der Waals surface area contributed by atoms with Crippen molar-refractivity contribution in [1.82, 2.24) is 5.32 Å². The van der Waals surface area contributed by atoms with Crippen LogP contribution in [0.5, 0.6) is 0 Å². The van der Waals surface area contributed by atoms with E-state index in [1.54, 1.807) is 0 Å². The molecule has 0 aromatic carbocycles. The standard InChI is InChI=1S/C8H11NO2/c1-6-8(4-2-3-5-8)11-7(10)9-6/h2-3,6H,4-5H2,1H3,(H,9,10). The highest BCUT2D eigenvalue weighted by Crippen LogP contribution is 2.34. The molecule has 1 atom stereocenters. The predicted octanol–water partition coefficient (Wildman–Crippen LogP) is 1.20. The molecule has 1 N–H and O–H groups in total. The summed E-state index contributed by atoms with van der Waals surface area (Å²) in [6.07, 6.45) is 5.56. The first kappa shape index (κ1) is 6.70. The van der Waals surface area contributed by atoms with Crippen LogP contribution in [-0.2, 0) is 4.74 Å². The van der Waals surface area contributed by atoms with E-state index in [-0.39, 0.29) is 17.7 Å². The Bertz CT molecular complexity index is 214. The van der Waals surface area contributed by atoms with Gasteiger partial charge in [-0.1, -0.05) is 12.2 Å². The van der Waals surface area contributed by atoms with Gasteiger partial charge in [-0.2, -0.15) is 0 Å². The summed E-state index contributed by atoms with van der Waals surface area (Å²) in [7, 11) is 0. The van der Waals surface area contributed by atoms with Gasteiger partial charge in [-0.25, -0.2) is 4.79 Å². The van der Waals surface area contributed by atoms with Gasteiger partial charge in [0, 0.05) is 12.8 Å². The average Bonchev–Trinajstić information content (AvgIpc) is 2.45. The first-order valence-corrected chi connectivity index (χ1v) is 3.87. The smallest absolute Gasteiger partial charge is 0.408 e. The number of alkyl carbamates (subject to hydrolysis) is 1. The molecule has 0 saturated carbocycles. The maximum Gasteiger partial charge on any atom is 0.408 e. The fourth-order valence-electron chi connectivity index (χ4n) is 1.70. The minimum Gasteiger partial charge on any atom is -0.440 e. The molecule has 0 aromatic heterocycles. The van der Waals surface area contributed by atoms with Crippen molar-refractivity contribution in [1.29, 1.82) is 0 Å². The molecule has 1 amide bonds. The second kappa shape index (κ2) is 2.00. The lowest BCUT2D eigenvalue weighted by atomic mass is 9.94. The SMILES string of the molecule is CC1NC(=O)OC12CC=CC2. The summed E-state index contributed by atoms with van der Waals surface area (Å²) in [5.41, 5.74) is -0.253. The van der Waals surface area contributed by atoms with Gasteiger partial charge in [0.15, 0.2) is 0 Å². The molecule has 0 aromatic rings. The van der Waals surface area contributed by atoms with Crippen molar-refractivity contribution in [2.24, 2.45) is 0 Å². The van der Waals surface area contributed by atoms with Gasteiger partial charge in [0.05, 0.1) is 6.04 Å². The Kier molecular flexibility index (Phi) is 1.22. The van der Waals surface area contributed by atoms with E-state index in [1.165, 1.54) is 0 Å². The maximum absolute atomic E-state index is 10.9. The third-order valence-electron chi connectivity index (χ3n) is 2.51. The first-order valence-electron chi connectivity index (χ1n) is 3.87. The summed E-state index contributed by atoms with van der Waals surface area (Å²) in [5.74, 6) is 0. The average molecular weight is 153 g/mol. The zero-order valence-corrected chi connectivity index (χ0v) is 6.46. The maximum atomic E-state index is 10.9. The van der Waals surface area contributed by atoms with Gasteiger partial charge in [-0.05, 0) is 6.92 Å². The number of hydrogen-bond donors (Lipinski definition) is 1. The Morgan fingerprint density at radius 2 is 2.27 bits per heavy atom. The number of nitrogens with one attached hydrogen (secondary N) is 1. The monoisotopic (exact) mass is 153 g/mol. The molecule has 3 heteroatoms. The lowest BCUT2D eigenvalue weighted by Crippen LogP contribution is -2.38. The van der Waals surface area contributed by atoms with Gasteiger partial charge in [0.2, 0.25) is 0 Å². The fraction of sp³-hybridized carbons (Fsp3) is 0.625. The second-order valence-corrected chi connectivity index (χ2v) is 3.20. The molecule has 1 fully saturated rings. The molecule has 60 valence electrons. The van der Waals surface area contributed by atoms with E-state index in [1.807, 2.05) is 6.92 Å². The summed E-state index contributed by atoms with van der Waals surface area (Å²) in [6, 6.07) is 0.144. The highest BCUT2D eigenvalue weighted by molar-refractivity contribution is 5.71. The van der Waals surface area contributed by atoms with Gasteiger partial charge in [-0.3, -0.25) is 0 Å². The molecule has 3 nitrogen and oxygen atoms in total. The fourth-order valence-corrected chi connectivity index (χ4v) is 1.70. The Balaban J connectivity index is 2.20. The molecule has 11 heavy (non-hydrogen) atoms. The van der Waals surface area contributed by atoms with Gasteiger partial charge >= 0.3 is 6.09 Å². The largest absolute Gasteiger partial charge is 0.440 e. The molecule has 1 saturated heterocycles. The molecular formula is C8H11NO2. The van der Waals surface area contributed by atoms with Crippen molar-refractivity contribution < 1.29 is 9.53 Å². The minimum absolute atomic E-state index is 0.144. The van der Waals surface area contributed by atoms with Gasteiger partial charge in [-0.15, -0.1) is 0 Å². The highest BCUT2D eigenvalue weighted by Gasteiger charge is 2.46. The van der Waals surface area contributed by atoms with Crippen molar-refractivity contribution in [3.63, 3.8) is 0 Å². The van der Waals surface area contributed by atoms with Crippen LogP contribution >= 0.6 is 0 Å². The Hall–Kier alpha value is -0.990. The van der Waals surface area contributed by atoms with Crippen LogP contribution < -0.4 is 5.32 Å². The Morgan fingerprint density at radius 1 is 1.64 bits per heavy atom.